The zero-order valence-corrected chi connectivity index (χ0v) is 27.3. The predicted molar refractivity (Wildman–Crippen MR) is 158 cm³/mol. The SMILES string of the molecule is CCC(C)(CC)C1=CC[C]([Zr](=[C](C)C)[c]2cc(C(C)(C)C)cc3c2Cc2ccc(C(C)(C)C)cc2-3)=C1. The summed E-state index contributed by atoms with van der Waals surface area (Å²) in [6, 6.07) is 12.5. The quantitative estimate of drug-likeness (QED) is 0.292. The summed E-state index contributed by atoms with van der Waals surface area (Å²) in [6.45, 7) is 26.2. The summed E-state index contributed by atoms with van der Waals surface area (Å²) < 4.78 is 5.22. The first kappa shape index (κ1) is 27.7. The first-order chi connectivity index (χ1) is 16.7. The zero-order chi connectivity index (χ0) is 26.6. The van der Waals surface area contributed by atoms with E-state index < -0.39 is 21.3 Å². The summed E-state index contributed by atoms with van der Waals surface area (Å²) >= 11 is -2.21. The van der Waals surface area contributed by atoms with Gasteiger partial charge in [0.05, 0.1) is 0 Å². The van der Waals surface area contributed by atoms with Crippen molar-refractivity contribution in [2.45, 2.75) is 113 Å². The van der Waals surface area contributed by atoms with Crippen LogP contribution in [-0.2, 0) is 38.5 Å². The monoisotopic (exact) mass is 558 g/mol. The average Bonchev–Trinajstić information content (AvgIpc) is 3.42. The molecule has 2 aliphatic carbocycles. The van der Waals surface area contributed by atoms with Crippen molar-refractivity contribution < 1.29 is 21.3 Å². The summed E-state index contributed by atoms with van der Waals surface area (Å²) in [5, 5.41) is 0. The number of allylic oxidation sites excluding steroid dienone is 4. The first-order valence-corrected chi connectivity index (χ1v) is 17.8. The van der Waals surface area contributed by atoms with Crippen LogP contribution in [0.3, 0.4) is 0 Å². The van der Waals surface area contributed by atoms with E-state index in [2.05, 4.69) is 119 Å². The molecule has 0 spiro atoms. The van der Waals surface area contributed by atoms with E-state index in [1.807, 2.05) is 0 Å². The van der Waals surface area contributed by atoms with E-state index in [-0.39, 0.29) is 10.8 Å². The molecule has 2 aliphatic rings. The van der Waals surface area contributed by atoms with Gasteiger partial charge in [-0.1, -0.05) is 0 Å². The summed E-state index contributed by atoms with van der Waals surface area (Å²) in [6.07, 6.45) is 9.93. The minimum atomic E-state index is -2.21. The van der Waals surface area contributed by atoms with Crippen LogP contribution in [0, 0.1) is 5.41 Å². The van der Waals surface area contributed by atoms with Gasteiger partial charge in [0.25, 0.3) is 0 Å². The standard InChI is InChI=1S/C21H25.C11H17.C3H6.Zr/c1-20(2,3)16-9-7-14-11-15-8-10-17(21(4,5)6)13-19(15)18(14)12-16;1-4-11(3,5-2)10-8-6-7-9-10;1-3-2;/h7,9-10,12-13H,11H2,1-6H3;8-9H,4-6H2,1-3H3;1-2H3;. The van der Waals surface area contributed by atoms with Crippen molar-refractivity contribution >= 4 is 6.48 Å². The van der Waals surface area contributed by atoms with Crippen LogP contribution in [0.2, 0.25) is 0 Å². The van der Waals surface area contributed by atoms with E-state index in [0.717, 1.165) is 6.42 Å². The van der Waals surface area contributed by atoms with Crippen LogP contribution in [0.15, 0.2) is 51.3 Å². The van der Waals surface area contributed by atoms with E-state index in [1.54, 1.807) is 20.9 Å². The van der Waals surface area contributed by atoms with E-state index in [4.69, 9.17) is 0 Å². The van der Waals surface area contributed by atoms with Gasteiger partial charge in [0.15, 0.2) is 0 Å². The molecule has 0 unspecified atom stereocenters. The van der Waals surface area contributed by atoms with E-state index in [9.17, 15) is 0 Å². The molecule has 0 fully saturated rings. The Morgan fingerprint density at radius 2 is 1.42 bits per heavy atom. The molecule has 0 saturated heterocycles. The van der Waals surface area contributed by atoms with Crippen LogP contribution in [0.5, 0.6) is 0 Å². The van der Waals surface area contributed by atoms with Gasteiger partial charge in [0.2, 0.25) is 0 Å². The third-order valence-corrected chi connectivity index (χ3v) is 16.3. The van der Waals surface area contributed by atoms with Crippen molar-refractivity contribution in [1.29, 1.82) is 0 Å². The Morgan fingerprint density at radius 1 is 0.806 bits per heavy atom. The van der Waals surface area contributed by atoms with Crippen LogP contribution in [0.25, 0.3) is 11.1 Å². The fourth-order valence-electron chi connectivity index (χ4n) is 5.94. The second kappa shape index (κ2) is 9.76. The average molecular weight is 560 g/mol. The van der Waals surface area contributed by atoms with Crippen molar-refractivity contribution in [3.05, 3.63) is 73.6 Å². The molecule has 4 rings (SSSR count). The molecular formula is C35H48Zr. The predicted octanol–water partition coefficient (Wildman–Crippen LogP) is 9.35. The molecule has 0 atom stereocenters. The van der Waals surface area contributed by atoms with Gasteiger partial charge in [-0.25, -0.2) is 0 Å². The normalized spacial score (nSPS) is 15.4. The van der Waals surface area contributed by atoms with Gasteiger partial charge in [-0.15, -0.1) is 0 Å². The number of hydrogen-bond donors (Lipinski definition) is 0. The van der Waals surface area contributed by atoms with E-state index >= 15 is 0 Å². The Hall–Kier alpha value is -1.33. The molecule has 2 aromatic rings. The molecule has 0 nitrogen and oxygen atoms in total. The summed E-state index contributed by atoms with van der Waals surface area (Å²) in [4.78, 5) is 0. The van der Waals surface area contributed by atoms with Crippen LogP contribution in [-0.4, -0.2) is 3.21 Å². The molecular weight excluding hydrogens is 512 g/mol. The molecule has 0 bridgehead atoms. The fraction of sp³-hybridized carbons (Fsp3) is 0.514. The maximum atomic E-state index is 2.66. The Kier molecular flexibility index (Phi) is 7.51. The fourth-order valence-corrected chi connectivity index (χ4v) is 13.2. The van der Waals surface area contributed by atoms with Crippen LogP contribution >= 0.6 is 0 Å². The number of fused-ring (bicyclic) bond motifs is 3. The van der Waals surface area contributed by atoms with Gasteiger partial charge < -0.3 is 0 Å². The Labute approximate surface area is 229 Å². The van der Waals surface area contributed by atoms with Gasteiger partial charge in [0.1, 0.15) is 0 Å². The third kappa shape index (κ3) is 5.04. The molecule has 0 radical (unpaired) electrons. The van der Waals surface area contributed by atoms with Gasteiger partial charge in [0, 0.05) is 0 Å². The molecule has 0 aromatic heterocycles. The van der Waals surface area contributed by atoms with Crippen molar-refractivity contribution in [1.82, 2.24) is 0 Å². The van der Waals surface area contributed by atoms with Gasteiger partial charge in [-0.3, -0.25) is 0 Å². The topological polar surface area (TPSA) is 0 Å². The Balaban J connectivity index is 1.92. The molecule has 0 saturated carbocycles. The third-order valence-electron chi connectivity index (χ3n) is 8.97. The maximum absolute atomic E-state index is 2.66. The first-order valence-electron chi connectivity index (χ1n) is 14.1. The molecule has 2 aromatic carbocycles. The van der Waals surface area contributed by atoms with Crippen LogP contribution < -0.4 is 3.27 Å². The molecule has 0 aliphatic heterocycles. The summed E-state index contributed by atoms with van der Waals surface area (Å²) in [5.74, 6) is 0. The molecule has 0 N–H and O–H groups in total. The minimum absolute atomic E-state index is 0.139. The number of rotatable bonds is 5. The molecule has 0 heterocycles. The van der Waals surface area contributed by atoms with E-state index in [1.165, 1.54) is 47.1 Å². The van der Waals surface area contributed by atoms with E-state index in [0.29, 0.717) is 5.41 Å². The second-order valence-electron chi connectivity index (χ2n) is 13.8. The second-order valence-corrected chi connectivity index (χ2v) is 21.0. The molecule has 192 valence electrons. The van der Waals surface area contributed by atoms with Crippen LogP contribution in [0.1, 0.15) is 118 Å². The molecule has 0 amide bonds. The van der Waals surface area contributed by atoms with Crippen molar-refractivity contribution in [3.63, 3.8) is 0 Å². The zero-order valence-electron chi connectivity index (χ0n) is 24.9. The summed E-state index contributed by atoms with van der Waals surface area (Å²) in [7, 11) is 0. The van der Waals surface area contributed by atoms with Crippen molar-refractivity contribution in [3.8, 4) is 11.1 Å². The van der Waals surface area contributed by atoms with Crippen LogP contribution in [0.4, 0.5) is 0 Å². The Bertz CT molecular complexity index is 1270. The molecule has 36 heavy (non-hydrogen) atoms. The Morgan fingerprint density at radius 3 is 1.97 bits per heavy atom. The number of benzene rings is 2. The number of hydrogen-bond acceptors (Lipinski definition) is 0. The molecule has 1 heteroatoms. The summed E-state index contributed by atoms with van der Waals surface area (Å²) in [5.41, 5.74) is 11.3. The van der Waals surface area contributed by atoms with Crippen molar-refractivity contribution in [2.24, 2.45) is 5.41 Å². The van der Waals surface area contributed by atoms with Gasteiger partial charge >= 0.3 is 231 Å². The van der Waals surface area contributed by atoms with Gasteiger partial charge in [-0.05, 0) is 0 Å². The van der Waals surface area contributed by atoms with Gasteiger partial charge in [-0.2, -0.15) is 0 Å². The van der Waals surface area contributed by atoms with Crippen molar-refractivity contribution in [2.75, 3.05) is 0 Å².